The second-order valence-electron chi connectivity index (χ2n) is 7.04. The van der Waals surface area contributed by atoms with Crippen LogP contribution in [0.2, 0.25) is 0 Å². The van der Waals surface area contributed by atoms with Crippen molar-refractivity contribution in [2.45, 2.75) is 12.5 Å². The molecule has 8 heteroatoms. The van der Waals surface area contributed by atoms with Crippen LogP contribution in [0, 0.1) is 5.82 Å². The second-order valence-corrected chi connectivity index (χ2v) is 7.04. The molecule has 0 bridgehead atoms. The Labute approximate surface area is 183 Å². The number of aromatic amines is 1. The lowest BCUT2D eigenvalue weighted by atomic mass is 9.94. The third kappa shape index (κ3) is 3.93. The summed E-state index contributed by atoms with van der Waals surface area (Å²) in [5, 5.41) is 11.8. The van der Waals surface area contributed by atoms with Gasteiger partial charge >= 0.3 is 0 Å². The van der Waals surface area contributed by atoms with E-state index in [0.717, 1.165) is 27.8 Å². The maximum Gasteiger partial charge on any atom is 0.167 e. The number of nitrogens with one attached hydrogen (secondary N) is 1. The van der Waals surface area contributed by atoms with E-state index in [4.69, 9.17) is 10.3 Å². The van der Waals surface area contributed by atoms with E-state index in [1.165, 1.54) is 6.07 Å². The first-order chi connectivity index (χ1) is 14.7. The van der Waals surface area contributed by atoms with E-state index in [9.17, 15) is 4.39 Å². The molecule has 0 spiro atoms. The molecule has 3 aromatic heterocycles. The van der Waals surface area contributed by atoms with Gasteiger partial charge in [-0.25, -0.2) is 9.37 Å². The highest BCUT2D eigenvalue weighted by Gasteiger charge is 2.19. The number of fused-ring (bicyclic) bond motifs is 1. The van der Waals surface area contributed by atoms with Gasteiger partial charge in [0.15, 0.2) is 5.58 Å². The van der Waals surface area contributed by atoms with Crippen molar-refractivity contribution in [1.82, 2.24) is 20.3 Å². The summed E-state index contributed by atoms with van der Waals surface area (Å²) in [5.74, 6) is -0.387. The van der Waals surface area contributed by atoms with Crippen LogP contribution < -0.4 is 5.73 Å². The third-order valence-corrected chi connectivity index (χ3v) is 5.12. The van der Waals surface area contributed by atoms with E-state index in [0.29, 0.717) is 17.0 Å². The van der Waals surface area contributed by atoms with Crippen molar-refractivity contribution in [2.75, 3.05) is 0 Å². The monoisotopic (exact) mass is 435 g/mol. The predicted molar refractivity (Wildman–Crippen MR) is 119 cm³/mol. The molecule has 3 heterocycles. The fraction of sp³-hybridized carbons (Fsp3) is 0.0870. The van der Waals surface area contributed by atoms with E-state index in [-0.39, 0.29) is 24.6 Å². The van der Waals surface area contributed by atoms with Crippen LogP contribution in [0.15, 0.2) is 77.6 Å². The van der Waals surface area contributed by atoms with E-state index < -0.39 is 6.04 Å². The highest BCUT2D eigenvalue weighted by Crippen LogP contribution is 2.33. The molecule has 6 nitrogen and oxygen atoms in total. The largest absolute Gasteiger partial charge is 0.356 e. The van der Waals surface area contributed by atoms with E-state index >= 15 is 0 Å². The average Bonchev–Trinajstić information content (AvgIpc) is 3.45. The number of H-pyrrole nitrogens is 1. The molecule has 0 saturated carbocycles. The van der Waals surface area contributed by atoms with E-state index in [2.05, 4.69) is 20.3 Å². The summed E-state index contributed by atoms with van der Waals surface area (Å²) in [6.45, 7) is 0. The molecule has 5 rings (SSSR count). The van der Waals surface area contributed by atoms with Crippen molar-refractivity contribution in [1.29, 1.82) is 0 Å². The standard InChI is InChI=1S/C23H18FN5O.ClH/c24-18-9-10-20(14-12-26-27-13-14)28-21(18)11-19(25)15-5-1-2-6-16(15)23-17-7-3-4-8-22(17)30-29-23;/h1-10,12-13,19H,11,25H2,(H,26,27);1H/t19-;/m0./s1. The maximum atomic E-state index is 14.5. The van der Waals surface area contributed by atoms with Gasteiger partial charge in [-0.3, -0.25) is 5.10 Å². The van der Waals surface area contributed by atoms with Crippen LogP contribution in [0.3, 0.4) is 0 Å². The molecule has 3 N–H and O–H groups in total. The number of hydrogen-bond donors (Lipinski definition) is 2. The van der Waals surface area contributed by atoms with E-state index in [1.807, 2.05) is 48.5 Å². The van der Waals surface area contributed by atoms with Crippen LogP contribution in [0.1, 0.15) is 17.3 Å². The summed E-state index contributed by atoms with van der Waals surface area (Å²) in [6.07, 6.45) is 3.61. The van der Waals surface area contributed by atoms with Gasteiger partial charge in [0, 0.05) is 35.2 Å². The Morgan fingerprint density at radius 3 is 2.68 bits per heavy atom. The van der Waals surface area contributed by atoms with Gasteiger partial charge in [0.05, 0.1) is 17.6 Å². The topological polar surface area (TPSA) is 93.6 Å². The van der Waals surface area contributed by atoms with Crippen molar-refractivity contribution in [3.8, 4) is 22.5 Å². The Morgan fingerprint density at radius 1 is 1.03 bits per heavy atom. The SMILES string of the molecule is Cl.N[C@@H](Cc1nc(-c2cn[nH]c2)ccc1F)c1ccccc1-c1noc2ccccc12. The van der Waals surface area contributed by atoms with Gasteiger partial charge in [-0.1, -0.05) is 41.6 Å². The molecule has 0 aliphatic heterocycles. The van der Waals surface area contributed by atoms with Crippen molar-refractivity contribution in [3.05, 3.63) is 90.1 Å². The molecule has 31 heavy (non-hydrogen) atoms. The molecule has 0 aliphatic carbocycles. The lowest BCUT2D eigenvalue weighted by Gasteiger charge is -2.16. The summed E-state index contributed by atoms with van der Waals surface area (Å²) < 4.78 is 20.0. The Morgan fingerprint density at radius 2 is 1.84 bits per heavy atom. The number of nitrogens with two attached hydrogens (primary N) is 1. The van der Waals surface area contributed by atoms with Crippen LogP contribution >= 0.6 is 12.4 Å². The minimum Gasteiger partial charge on any atom is -0.356 e. The first kappa shape index (κ1) is 20.7. The quantitative estimate of drug-likeness (QED) is 0.401. The lowest BCUT2D eigenvalue weighted by Crippen LogP contribution is -2.16. The zero-order valence-corrected chi connectivity index (χ0v) is 17.1. The van der Waals surface area contributed by atoms with Crippen molar-refractivity contribution in [3.63, 3.8) is 0 Å². The highest BCUT2D eigenvalue weighted by atomic mass is 35.5. The number of nitrogens with zero attached hydrogens (tertiary/aromatic N) is 3. The number of benzene rings is 2. The number of halogens is 2. The van der Waals surface area contributed by atoms with Crippen LogP contribution in [0.4, 0.5) is 4.39 Å². The van der Waals surface area contributed by atoms with Gasteiger partial charge in [-0.05, 0) is 29.8 Å². The van der Waals surface area contributed by atoms with Crippen molar-refractivity contribution >= 4 is 23.4 Å². The van der Waals surface area contributed by atoms with Crippen molar-refractivity contribution < 1.29 is 8.91 Å². The highest BCUT2D eigenvalue weighted by molar-refractivity contribution is 5.92. The first-order valence-electron chi connectivity index (χ1n) is 9.54. The number of para-hydroxylation sites is 1. The lowest BCUT2D eigenvalue weighted by molar-refractivity contribution is 0.459. The minimum absolute atomic E-state index is 0. The summed E-state index contributed by atoms with van der Waals surface area (Å²) >= 11 is 0. The number of aromatic nitrogens is 4. The summed E-state index contributed by atoms with van der Waals surface area (Å²) in [6, 6.07) is 17.9. The fourth-order valence-corrected chi connectivity index (χ4v) is 3.61. The van der Waals surface area contributed by atoms with E-state index in [1.54, 1.807) is 18.5 Å². The van der Waals surface area contributed by atoms with Crippen LogP contribution in [-0.4, -0.2) is 20.3 Å². The van der Waals surface area contributed by atoms with Gasteiger partial charge in [0.1, 0.15) is 11.5 Å². The predicted octanol–water partition coefficient (Wildman–Crippen LogP) is 5.08. The zero-order chi connectivity index (χ0) is 20.5. The third-order valence-electron chi connectivity index (χ3n) is 5.12. The Hall–Kier alpha value is -3.55. The van der Waals surface area contributed by atoms with Gasteiger partial charge in [0.25, 0.3) is 0 Å². The molecule has 0 amide bonds. The number of hydrogen-bond acceptors (Lipinski definition) is 5. The zero-order valence-electron chi connectivity index (χ0n) is 16.3. The molecule has 5 aromatic rings. The Balaban J connectivity index is 0.00000231. The van der Waals surface area contributed by atoms with Crippen molar-refractivity contribution in [2.24, 2.45) is 5.73 Å². The number of rotatable bonds is 5. The molecule has 0 radical (unpaired) electrons. The van der Waals surface area contributed by atoms with Gasteiger partial charge in [0.2, 0.25) is 0 Å². The second kappa shape index (κ2) is 8.67. The molecule has 156 valence electrons. The Kier molecular flexibility index (Phi) is 5.79. The van der Waals surface area contributed by atoms with Crippen LogP contribution in [0.5, 0.6) is 0 Å². The fourth-order valence-electron chi connectivity index (χ4n) is 3.61. The molecule has 0 aliphatic rings. The first-order valence-corrected chi connectivity index (χ1v) is 9.54. The van der Waals surface area contributed by atoms with Crippen LogP contribution in [-0.2, 0) is 6.42 Å². The minimum atomic E-state index is -0.474. The average molecular weight is 436 g/mol. The normalized spacial score (nSPS) is 11.9. The molecular weight excluding hydrogens is 417 g/mol. The molecule has 0 fully saturated rings. The molecule has 0 unspecified atom stereocenters. The summed E-state index contributed by atoms with van der Waals surface area (Å²) in [7, 11) is 0. The van der Waals surface area contributed by atoms with Gasteiger partial charge in [-0.15, -0.1) is 12.4 Å². The van der Waals surface area contributed by atoms with Gasteiger partial charge in [-0.2, -0.15) is 5.10 Å². The summed E-state index contributed by atoms with van der Waals surface area (Å²) in [4.78, 5) is 4.47. The molecule has 0 saturated heterocycles. The number of pyridine rings is 1. The molecular formula is C23H19ClFN5O. The molecule has 1 atom stereocenters. The summed E-state index contributed by atoms with van der Waals surface area (Å²) in [5.41, 5.74) is 11.4. The molecule has 2 aromatic carbocycles. The maximum absolute atomic E-state index is 14.5. The van der Waals surface area contributed by atoms with Crippen LogP contribution in [0.25, 0.3) is 33.5 Å². The Bertz CT molecular complexity index is 1320. The smallest absolute Gasteiger partial charge is 0.167 e. The van der Waals surface area contributed by atoms with Gasteiger partial charge < -0.3 is 10.3 Å².